The average Bonchev–Trinajstić information content (AvgIpc) is 2.80. The molecule has 4 rings (SSSR count). The Hall–Kier alpha value is -3.70. The van der Waals surface area contributed by atoms with Crippen LogP contribution in [-0.4, -0.2) is 16.9 Å². The molecule has 0 aliphatic rings. The van der Waals surface area contributed by atoms with Crippen molar-refractivity contribution in [3.8, 4) is 16.9 Å². The van der Waals surface area contributed by atoms with E-state index < -0.39 is 0 Å². The molecular formula is C27H22ClFN2O2. The van der Waals surface area contributed by atoms with Gasteiger partial charge in [-0.3, -0.25) is 4.79 Å². The van der Waals surface area contributed by atoms with Crippen molar-refractivity contribution in [3.63, 3.8) is 0 Å². The standard InChI is InChI=1S/C27H22ClFN2O2/c1-18-26(23-11-3-4-12-25(23)33-2)24(14-13-19-7-6-10-22(29)16-19)27(32)31(30-18)17-20-8-5-9-21(28)15-20/h3-16H,17H2,1-2H3. The second-order valence-corrected chi connectivity index (χ2v) is 7.99. The van der Waals surface area contributed by atoms with Crippen LogP contribution in [0.15, 0.2) is 77.6 Å². The Morgan fingerprint density at radius 3 is 2.58 bits per heavy atom. The van der Waals surface area contributed by atoms with E-state index in [0.717, 1.165) is 11.1 Å². The van der Waals surface area contributed by atoms with Gasteiger partial charge >= 0.3 is 0 Å². The molecule has 0 amide bonds. The van der Waals surface area contributed by atoms with Crippen molar-refractivity contribution in [2.75, 3.05) is 7.11 Å². The average molecular weight is 461 g/mol. The molecule has 33 heavy (non-hydrogen) atoms. The van der Waals surface area contributed by atoms with Crippen LogP contribution in [0.25, 0.3) is 23.3 Å². The summed E-state index contributed by atoms with van der Waals surface area (Å²) in [6.07, 6.45) is 3.43. The second-order valence-electron chi connectivity index (χ2n) is 7.56. The Bertz CT molecular complexity index is 1400. The number of hydrogen-bond acceptors (Lipinski definition) is 3. The lowest BCUT2D eigenvalue weighted by Gasteiger charge is -2.16. The zero-order valence-corrected chi connectivity index (χ0v) is 19.0. The summed E-state index contributed by atoms with van der Waals surface area (Å²) in [5, 5.41) is 5.18. The summed E-state index contributed by atoms with van der Waals surface area (Å²) in [5.41, 5.74) is 3.79. The summed E-state index contributed by atoms with van der Waals surface area (Å²) in [5.74, 6) is 0.293. The molecule has 4 nitrogen and oxygen atoms in total. The van der Waals surface area contributed by atoms with E-state index in [1.165, 1.54) is 16.8 Å². The second kappa shape index (κ2) is 9.84. The van der Waals surface area contributed by atoms with Crippen LogP contribution in [0, 0.1) is 12.7 Å². The van der Waals surface area contributed by atoms with E-state index in [1.807, 2.05) is 43.3 Å². The SMILES string of the molecule is COc1ccccc1-c1c(C)nn(Cc2cccc(Cl)c2)c(=O)c1C=Cc1cccc(F)c1. The van der Waals surface area contributed by atoms with E-state index in [4.69, 9.17) is 16.3 Å². The molecule has 0 N–H and O–H groups in total. The monoisotopic (exact) mass is 460 g/mol. The number of rotatable bonds is 6. The highest BCUT2D eigenvalue weighted by Gasteiger charge is 2.18. The van der Waals surface area contributed by atoms with Gasteiger partial charge in [-0.25, -0.2) is 9.07 Å². The largest absolute Gasteiger partial charge is 0.496 e. The van der Waals surface area contributed by atoms with Gasteiger partial charge in [-0.05, 0) is 54.5 Å². The van der Waals surface area contributed by atoms with Crippen LogP contribution >= 0.6 is 11.6 Å². The van der Waals surface area contributed by atoms with Gasteiger partial charge < -0.3 is 4.74 Å². The number of benzene rings is 3. The highest BCUT2D eigenvalue weighted by Crippen LogP contribution is 2.33. The molecule has 0 spiro atoms. The summed E-state index contributed by atoms with van der Waals surface area (Å²) in [6, 6.07) is 21.0. The van der Waals surface area contributed by atoms with Crippen molar-refractivity contribution in [1.82, 2.24) is 9.78 Å². The van der Waals surface area contributed by atoms with Gasteiger partial charge in [-0.1, -0.05) is 60.1 Å². The van der Waals surface area contributed by atoms with Crippen molar-refractivity contribution in [3.05, 3.63) is 116 Å². The first-order valence-electron chi connectivity index (χ1n) is 10.4. The Balaban J connectivity index is 1.90. The smallest absolute Gasteiger partial charge is 0.274 e. The van der Waals surface area contributed by atoms with Gasteiger partial charge in [0.25, 0.3) is 5.56 Å². The highest BCUT2D eigenvalue weighted by atomic mass is 35.5. The van der Waals surface area contributed by atoms with Gasteiger partial charge in [-0.2, -0.15) is 5.10 Å². The number of aryl methyl sites for hydroxylation is 1. The normalized spacial score (nSPS) is 11.2. The van der Waals surface area contributed by atoms with Crippen molar-refractivity contribution < 1.29 is 9.13 Å². The number of nitrogens with zero attached hydrogens (tertiary/aromatic N) is 2. The van der Waals surface area contributed by atoms with Gasteiger partial charge in [0.2, 0.25) is 0 Å². The molecule has 0 bridgehead atoms. The predicted molar refractivity (Wildman–Crippen MR) is 131 cm³/mol. The van der Waals surface area contributed by atoms with E-state index >= 15 is 0 Å². The fraction of sp³-hybridized carbons (Fsp3) is 0.111. The molecule has 4 aromatic rings. The predicted octanol–water partition coefficient (Wildman–Crippen LogP) is 6.24. The van der Waals surface area contributed by atoms with E-state index in [-0.39, 0.29) is 17.9 Å². The topological polar surface area (TPSA) is 44.1 Å². The molecule has 166 valence electrons. The first-order chi connectivity index (χ1) is 16.0. The third-order valence-electron chi connectivity index (χ3n) is 5.26. The molecule has 0 radical (unpaired) electrons. The summed E-state index contributed by atoms with van der Waals surface area (Å²) in [6.45, 7) is 2.13. The van der Waals surface area contributed by atoms with E-state index in [9.17, 15) is 9.18 Å². The van der Waals surface area contributed by atoms with Gasteiger partial charge in [-0.15, -0.1) is 0 Å². The van der Waals surface area contributed by atoms with E-state index in [0.29, 0.717) is 33.2 Å². The van der Waals surface area contributed by atoms with Gasteiger partial charge in [0.15, 0.2) is 0 Å². The van der Waals surface area contributed by atoms with Gasteiger partial charge in [0.1, 0.15) is 11.6 Å². The molecule has 0 saturated carbocycles. The molecule has 0 aliphatic carbocycles. The zero-order chi connectivity index (χ0) is 23.4. The lowest BCUT2D eigenvalue weighted by Crippen LogP contribution is -2.27. The van der Waals surface area contributed by atoms with Crippen molar-refractivity contribution in [2.24, 2.45) is 0 Å². The lowest BCUT2D eigenvalue weighted by molar-refractivity contribution is 0.416. The van der Waals surface area contributed by atoms with Crippen LogP contribution in [0.4, 0.5) is 4.39 Å². The van der Waals surface area contributed by atoms with Crippen molar-refractivity contribution >= 4 is 23.8 Å². The number of halogens is 2. The van der Waals surface area contributed by atoms with Crippen LogP contribution in [-0.2, 0) is 6.54 Å². The molecule has 3 aromatic carbocycles. The number of ether oxygens (including phenoxy) is 1. The van der Waals surface area contributed by atoms with Crippen molar-refractivity contribution in [2.45, 2.75) is 13.5 Å². The summed E-state index contributed by atoms with van der Waals surface area (Å²) in [7, 11) is 1.59. The Kier molecular flexibility index (Phi) is 6.71. The third kappa shape index (κ3) is 5.04. The fourth-order valence-corrected chi connectivity index (χ4v) is 3.98. The lowest BCUT2D eigenvalue weighted by atomic mass is 9.97. The minimum Gasteiger partial charge on any atom is -0.496 e. The maximum atomic E-state index is 13.7. The molecule has 1 aromatic heterocycles. The number of hydrogen-bond donors (Lipinski definition) is 0. The van der Waals surface area contributed by atoms with Gasteiger partial charge in [0, 0.05) is 16.1 Å². The molecule has 0 atom stereocenters. The highest BCUT2D eigenvalue weighted by molar-refractivity contribution is 6.30. The van der Waals surface area contributed by atoms with Crippen LogP contribution in [0.3, 0.4) is 0 Å². The van der Waals surface area contributed by atoms with Crippen LogP contribution < -0.4 is 10.3 Å². The molecule has 0 saturated heterocycles. The first kappa shape index (κ1) is 22.5. The summed E-state index contributed by atoms with van der Waals surface area (Å²) >= 11 is 6.12. The van der Waals surface area contributed by atoms with Crippen LogP contribution in [0.5, 0.6) is 5.75 Å². The molecule has 0 fully saturated rings. The quantitative estimate of drug-likeness (QED) is 0.342. The van der Waals surface area contributed by atoms with E-state index in [2.05, 4.69) is 5.10 Å². The molecule has 6 heteroatoms. The van der Waals surface area contributed by atoms with Gasteiger partial charge in [0.05, 0.1) is 24.9 Å². The van der Waals surface area contributed by atoms with E-state index in [1.54, 1.807) is 43.5 Å². The molecule has 0 aliphatic heterocycles. The third-order valence-corrected chi connectivity index (χ3v) is 5.49. The maximum absolute atomic E-state index is 13.7. The van der Waals surface area contributed by atoms with Crippen molar-refractivity contribution in [1.29, 1.82) is 0 Å². The zero-order valence-electron chi connectivity index (χ0n) is 18.3. The Morgan fingerprint density at radius 1 is 1.03 bits per heavy atom. The minimum absolute atomic E-state index is 0.269. The van der Waals surface area contributed by atoms with Crippen LogP contribution in [0.2, 0.25) is 5.02 Å². The first-order valence-corrected chi connectivity index (χ1v) is 10.8. The molecular weight excluding hydrogens is 439 g/mol. The molecule has 0 unspecified atom stereocenters. The summed E-state index contributed by atoms with van der Waals surface area (Å²) in [4.78, 5) is 13.6. The summed E-state index contributed by atoms with van der Waals surface area (Å²) < 4.78 is 20.6. The maximum Gasteiger partial charge on any atom is 0.274 e. The van der Waals surface area contributed by atoms with Crippen LogP contribution in [0.1, 0.15) is 22.4 Å². The number of methoxy groups -OCH3 is 1. The number of aromatic nitrogens is 2. The minimum atomic E-state index is -0.341. The Labute approximate surface area is 196 Å². The fourth-order valence-electron chi connectivity index (χ4n) is 3.77. The number of para-hydroxylation sites is 1. The molecule has 1 heterocycles. The Morgan fingerprint density at radius 2 is 1.82 bits per heavy atom.